The topological polar surface area (TPSA) is 83.3 Å². The Morgan fingerprint density at radius 2 is 2.47 bits per heavy atom. The lowest BCUT2D eigenvalue weighted by Gasteiger charge is -2.13. The number of anilines is 1. The SMILES string of the molecule is CN1CCC(CNC(=O)c2cc(Br)cnc2NN)C1. The zero-order valence-corrected chi connectivity index (χ0v) is 12.4. The van der Waals surface area contributed by atoms with Crippen molar-refractivity contribution in [1.29, 1.82) is 0 Å². The molecule has 1 unspecified atom stereocenters. The number of likely N-dealkylation sites (tertiary alicyclic amines) is 1. The average Bonchev–Trinajstić information content (AvgIpc) is 2.81. The minimum atomic E-state index is -0.156. The van der Waals surface area contributed by atoms with Gasteiger partial charge in [0.05, 0.1) is 5.56 Å². The van der Waals surface area contributed by atoms with Crippen LogP contribution in [0.25, 0.3) is 0 Å². The van der Waals surface area contributed by atoms with Crippen molar-refractivity contribution in [2.75, 3.05) is 32.1 Å². The number of nitrogens with two attached hydrogens (primary N) is 1. The van der Waals surface area contributed by atoms with Gasteiger partial charge in [-0.25, -0.2) is 10.8 Å². The number of hydrogen-bond donors (Lipinski definition) is 3. The molecule has 2 heterocycles. The quantitative estimate of drug-likeness (QED) is 0.563. The molecule has 1 aromatic heterocycles. The van der Waals surface area contributed by atoms with Gasteiger partial charge in [-0.3, -0.25) is 4.79 Å². The summed E-state index contributed by atoms with van der Waals surface area (Å²) in [5.74, 6) is 6.10. The van der Waals surface area contributed by atoms with Crippen molar-refractivity contribution in [3.8, 4) is 0 Å². The summed E-state index contributed by atoms with van der Waals surface area (Å²) in [6.07, 6.45) is 2.72. The number of carbonyl (C=O) groups excluding carboxylic acids is 1. The third-order valence-electron chi connectivity index (χ3n) is 3.28. The van der Waals surface area contributed by atoms with Crippen LogP contribution in [-0.4, -0.2) is 42.5 Å². The normalized spacial score (nSPS) is 19.4. The van der Waals surface area contributed by atoms with Crippen molar-refractivity contribution in [2.45, 2.75) is 6.42 Å². The first-order valence-corrected chi connectivity index (χ1v) is 6.98. The Kier molecular flexibility index (Phi) is 4.73. The summed E-state index contributed by atoms with van der Waals surface area (Å²) in [7, 11) is 2.09. The van der Waals surface area contributed by atoms with Crippen molar-refractivity contribution < 1.29 is 4.79 Å². The van der Waals surface area contributed by atoms with Crippen LogP contribution in [0.3, 0.4) is 0 Å². The number of amides is 1. The lowest BCUT2D eigenvalue weighted by molar-refractivity contribution is 0.0948. The zero-order valence-electron chi connectivity index (χ0n) is 10.8. The van der Waals surface area contributed by atoms with Crippen LogP contribution in [0.15, 0.2) is 16.7 Å². The summed E-state index contributed by atoms with van der Waals surface area (Å²) in [6.45, 7) is 2.80. The number of pyridine rings is 1. The molecule has 0 radical (unpaired) electrons. The van der Waals surface area contributed by atoms with Crippen LogP contribution < -0.4 is 16.6 Å². The number of rotatable bonds is 4. The Morgan fingerprint density at radius 1 is 1.68 bits per heavy atom. The summed E-state index contributed by atoms with van der Waals surface area (Å²) in [6, 6.07) is 1.71. The summed E-state index contributed by atoms with van der Waals surface area (Å²) in [4.78, 5) is 18.5. The second kappa shape index (κ2) is 6.31. The van der Waals surface area contributed by atoms with E-state index in [1.165, 1.54) is 0 Å². The van der Waals surface area contributed by atoms with Crippen molar-refractivity contribution in [2.24, 2.45) is 11.8 Å². The van der Waals surface area contributed by atoms with E-state index in [4.69, 9.17) is 5.84 Å². The van der Waals surface area contributed by atoms with Crippen LogP contribution in [0, 0.1) is 5.92 Å². The van der Waals surface area contributed by atoms with E-state index >= 15 is 0 Å². The van der Waals surface area contributed by atoms with Gasteiger partial charge in [0.25, 0.3) is 5.91 Å². The largest absolute Gasteiger partial charge is 0.352 e. The Balaban J connectivity index is 1.97. The van der Waals surface area contributed by atoms with Crippen LogP contribution in [0.2, 0.25) is 0 Å². The number of carbonyl (C=O) groups is 1. The van der Waals surface area contributed by atoms with Crippen LogP contribution in [0.5, 0.6) is 0 Å². The molecule has 1 aliphatic rings. The molecule has 19 heavy (non-hydrogen) atoms. The van der Waals surface area contributed by atoms with Gasteiger partial charge in [-0.15, -0.1) is 0 Å². The van der Waals surface area contributed by atoms with Crippen LogP contribution in [0.4, 0.5) is 5.82 Å². The van der Waals surface area contributed by atoms with E-state index in [1.807, 2.05) is 0 Å². The number of nitrogens with one attached hydrogen (secondary N) is 2. The van der Waals surface area contributed by atoms with Crippen molar-refractivity contribution in [1.82, 2.24) is 15.2 Å². The molecule has 0 aromatic carbocycles. The van der Waals surface area contributed by atoms with Crippen LogP contribution in [0.1, 0.15) is 16.8 Å². The van der Waals surface area contributed by atoms with Crippen LogP contribution >= 0.6 is 15.9 Å². The van der Waals surface area contributed by atoms with Crippen molar-refractivity contribution in [3.05, 3.63) is 22.3 Å². The molecule has 2 rings (SSSR count). The third-order valence-corrected chi connectivity index (χ3v) is 3.71. The molecular formula is C12H18BrN5O. The lowest BCUT2D eigenvalue weighted by atomic mass is 10.1. The smallest absolute Gasteiger partial charge is 0.255 e. The fourth-order valence-corrected chi connectivity index (χ4v) is 2.58. The maximum Gasteiger partial charge on any atom is 0.255 e. The van der Waals surface area contributed by atoms with Gasteiger partial charge in [-0.1, -0.05) is 0 Å². The Morgan fingerprint density at radius 3 is 3.11 bits per heavy atom. The Hall–Kier alpha value is -1.18. The number of hydrogen-bond acceptors (Lipinski definition) is 5. The van der Waals surface area contributed by atoms with Gasteiger partial charge in [0, 0.05) is 23.8 Å². The highest BCUT2D eigenvalue weighted by Gasteiger charge is 2.21. The molecule has 104 valence electrons. The van der Waals surface area contributed by atoms with E-state index in [9.17, 15) is 4.79 Å². The molecule has 1 saturated heterocycles. The Labute approximate surface area is 120 Å². The molecule has 1 amide bonds. The van der Waals surface area contributed by atoms with Gasteiger partial charge in [0.1, 0.15) is 0 Å². The highest BCUT2D eigenvalue weighted by atomic mass is 79.9. The molecular weight excluding hydrogens is 310 g/mol. The van der Waals surface area contributed by atoms with Crippen molar-refractivity contribution in [3.63, 3.8) is 0 Å². The summed E-state index contributed by atoms with van der Waals surface area (Å²) < 4.78 is 0.747. The second-order valence-electron chi connectivity index (χ2n) is 4.82. The van der Waals surface area contributed by atoms with Crippen molar-refractivity contribution >= 4 is 27.7 Å². The van der Waals surface area contributed by atoms with Crippen LogP contribution in [-0.2, 0) is 0 Å². The average molecular weight is 328 g/mol. The second-order valence-corrected chi connectivity index (χ2v) is 5.74. The lowest BCUT2D eigenvalue weighted by Crippen LogP contribution is -2.31. The molecule has 7 heteroatoms. The van der Waals surface area contributed by atoms with Gasteiger partial charge >= 0.3 is 0 Å². The van der Waals surface area contributed by atoms with E-state index in [1.54, 1.807) is 12.3 Å². The van der Waals surface area contributed by atoms with Gasteiger partial charge in [-0.05, 0) is 47.9 Å². The summed E-state index contributed by atoms with van der Waals surface area (Å²) >= 11 is 3.30. The molecule has 0 bridgehead atoms. The predicted octanol–water partition coefficient (Wildman–Crippen LogP) is 0.811. The molecule has 1 aromatic rings. The maximum atomic E-state index is 12.1. The zero-order chi connectivity index (χ0) is 13.8. The highest BCUT2D eigenvalue weighted by Crippen LogP contribution is 2.18. The maximum absolute atomic E-state index is 12.1. The molecule has 0 aliphatic carbocycles. The highest BCUT2D eigenvalue weighted by molar-refractivity contribution is 9.10. The van der Waals surface area contributed by atoms with Gasteiger partial charge in [0.15, 0.2) is 5.82 Å². The van der Waals surface area contributed by atoms with Gasteiger partial charge in [0.2, 0.25) is 0 Å². The minimum absolute atomic E-state index is 0.156. The fourth-order valence-electron chi connectivity index (χ4n) is 2.25. The minimum Gasteiger partial charge on any atom is -0.352 e. The third kappa shape index (κ3) is 3.65. The fraction of sp³-hybridized carbons (Fsp3) is 0.500. The molecule has 6 nitrogen and oxygen atoms in total. The predicted molar refractivity (Wildman–Crippen MR) is 77.7 cm³/mol. The first kappa shape index (κ1) is 14.2. The van der Waals surface area contributed by atoms with E-state index < -0.39 is 0 Å². The van der Waals surface area contributed by atoms with Gasteiger partial charge in [-0.2, -0.15) is 0 Å². The number of halogens is 1. The molecule has 1 atom stereocenters. The Bertz CT molecular complexity index is 467. The van der Waals surface area contributed by atoms with Gasteiger partial charge < -0.3 is 15.6 Å². The molecule has 4 N–H and O–H groups in total. The molecule has 1 fully saturated rings. The first-order chi connectivity index (χ1) is 9.10. The van der Waals surface area contributed by atoms with E-state index in [0.29, 0.717) is 23.8 Å². The first-order valence-electron chi connectivity index (χ1n) is 6.19. The van der Waals surface area contributed by atoms with E-state index in [-0.39, 0.29) is 5.91 Å². The summed E-state index contributed by atoms with van der Waals surface area (Å²) in [5, 5.41) is 2.94. The number of hydrazine groups is 1. The molecule has 0 spiro atoms. The monoisotopic (exact) mass is 327 g/mol. The standard InChI is InChI=1S/C12H18BrN5O/c1-18-3-2-8(7-18)5-16-12(19)10-4-9(13)6-15-11(10)17-14/h4,6,8H,2-3,5,7,14H2,1H3,(H,15,17)(H,16,19). The number of aromatic nitrogens is 1. The molecule has 0 saturated carbocycles. The molecule has 1 aliphatic heterocycles. The number of nitrogen functional groups attached to an aromatic ring is 1. The van der Waals surface area contributed by atoms with E-state index in [0.717, 1.165) is 24.0 Å². The number of nitrogens with zero attached hydrogens (tertiary/aromatic N) is 2. The van der Waals surface area contributed by atoms with E-state index in [2.05, 4.69) is 43.6 Å². The summed E-state index contributed by atoms with van der Waals surface area (Å²) in [5.41, 5.74) is 2.89.